The number of anilines is 2. The summed E-state index contributed by atoms with van der Waals surface area (Å²) in [7, 11) is 0. The summed E-state index contributed by atoms with van der Waals surface area (Å²) in [6, 6.07) is 5.78. The van der Waals surface area contributed by atoms with Gasteiger partial charge in [0.05, 0.1) is 11.4 Å². The van der Waals surface area contributed by atoms with Crippen LogP contribution >= 0.6 is 0 Å². The van der Waals surface area contributed by atoms with Gasteiger partial charge in [0.25, 0.3) is 5.91 Å². The van der Waals surface area contributed by atoms with E-state index in [-0.39, 0.29) is 17.5 Å². The van der Waals surface area contributed by atoms with Crippen LogP contribution in [0.1, 0.15) is 47.1 Å². The molecule has 0 saturated carbocycles. The van der Waals surface area contributed by atoms with Crippen LogP contribution in [-0.4, -0.2) is 16.1 Å². The highest BCUT2D eigenvalue weighted by Gasteiger charge is 2.19. The molecule has 2 aromatic rings. The number of aryl methyl sites for hydroxylation is 1. The van der Waals surface area contributed by atoms with Crippen LogP contribution in [-0.2, 0) is 0 Å². The number of aromatic nitrogens is 2. The molecule has 0 bridgehead atoms. The Balaban J connectivity index is 2.27. The van der Waals surface area contributed by atoms with Crippen molar-refractivity contribution in [2.24, 2.45) is 0 Å². The average molecular weight is 272 g/mol. The maximum Gasteiger partial charge on any atom is 0.278 e. The number of hydrogen-bond acceptors (Lipinski definition) is 3. The van der Waals surface area contributed by atoms with E-state index >= 15 is 0 Å². The van der Waals surface area contributed by atoms with Crippen molar-refractivity contribution in [3.63, 3.8) is 0 Å². The van der Waals surface area contributed by atoms with Crippen molar-refractivity contribution >= 4 is 17.3 Å². The molecule has 0 aliphatic rings. The van der Waals surface area contributed by atoms with E-state index in [4.69, 9.17) is 5.73 Å². The second-order valence-corrected chi connectivity index (χ2v) is 5.26. The SMILES string of the molecule is Cc1cccc(NC(=O)c2n[nH]c(C(C)C)c2N)c1C. The monoisotopic (exact) mass is 272 g/mol. The van der Waals surface area contributed by atoms with Crippen LogP contribution in [0.2, 0.25) is 0 Å². The molecule has 1 aromatic carbocycles. The summed E-state index contributed by atoms with van der Waals surface area (Å²) in [5, 5.41) is 9.71. The fourth-order valence-corrected chi connectivity index (χ4v) is 2.05. The highest BCUT2D eigenvalue weighted by Crippen LogP contribution is 2.24. The number of carbonyl (C=O) groups is 1. The van der Waals surface area contributed by atoms with Crippen molar-refractivity contribution in [3.8, 4) is 0 Å². The van der Waals surface area contributed by atoms with Gasteiger partial charge in [-0.05, 0) is 37.0 Å². The third-order valence-corrected chi connectivity index (χ3v) is 3.48. The van der Waals surface area contributed by atoms with E-state index < -0.39 is 0 Å². The Hall–Kier alpha value is -2.30. The van der Waals surface area contributed by atoms with Crippen LogP contribution in [0.15, 0.2) is 18.2 Å². The van der Waals surface area contributed by atoms with Crippen LogP contribution in [0.5, 0.6) is 0 Å². The molecule has 0 spiro atoms. The number of benzene rings is 1. The Labute approximate surface area is 118 Å². The normalized spacial score (nSPS) is 10.8. The van der Waals surface area contributed by atoms with E-state index in [0.29, 0.717) is 5.69 Å². The molecule has 0 unspecified atom stereocenters. The Morgan fingerprint density at radius 1 is 1.35 bits per heavy atom. The molecule has 1 amide bonds. The second-order valence-electron chi connectivity index (χ2n) is 5.26. The molecule has 0 saturated heterocycles. The van der Waals surface area contributed by atoms with Gasteiger partial charge in [0.15, 0.2) is 5.69 Å². The lowest BCUT2D eigenvalue weighted by Gasteiger charge is -2.09. The standard InChI is InChI=1S/C15H20N4O/c1-8(2)13-12(16)14(19-18-13)15(20)17-11-7-5-6-9(3)10(11)4/h5-8H,16H2,1-4H3,(H,17,20)(H,18,19). The quantitative estimate of drug-likeness (QED) is 0.803. The minimum Gasteiger partial charge on any atom is -0.395 e. The summed E-state index contributed by atoms with van der Waals surface area (Å²) in [6.45, 7) is 7.97. The van der Waals surface area contributed by atoms with Crippen molar-refractivity contribution in [1.29, 1.82) is 0 Å². The molecule has 0 fully saturated rings. The minimum absolute atomic E-state index is 0.199. The summed E-state index contributed by atoms with van der Waals surface area (Å²) < 4.78 is 0. The number of rotatable bonds is 3. The first kappa shape index (κ1) is 14.1. The maximum atomic E-state index is 12.3. The lowest BCUT2D eigenvalue weighted by molar-refractivity contribution is 0.102. The number of nitrogens with one attached hydrogen (secondary N) is 2. The number of carbonyl (C=O) groups excluding carboxylic acids is 1. The van der Waals surface area contributed by atoms with E-state index in [0.717, 1.165) is 22.5 Å². The fraction of sp³-hybridized carbons (Fsp3) is 0.333. The van der Waals surface area contributed by atoms with Crippen LogP contribution in [0.4, 0.5) is 11.4 Å². The molecule has 5 heteroatoms. The van der Waals surface area contributed by atoms with E-state index in [9.17, 15) is 4.79 Å². The van der Waals surface area contributed by atoms with Crippen molar-refractivity contribution in [3.05, 3.63) is 40.7 Å². The minimum atomic E-state index is -0.292. The summed E-state index contributed by atoms with van der Waals surface area (Å²) >= 11 is 0. The Bertz CT molecular complexity index is 643. The number of nitrogens with zero attached hydrogens (tertiary/aromatic N) is 1. The molecule has 0 aliphatic carbocycles. The van der Waals surface area contributed by atoms with Gasteiger partial charge >= 0.3 is 0 Å². The van der Waals surface area contributed by atoms with E-state index in [1.165, 1.54) is 0 Å². The predicted octanol–water partition coefficient (Wildman–Crippen LogP) is 2.98. The number of nitrogen functional groups attached to an aromatic ring is 1. The van der Waals surface area contributed by atoms with Gasteiger partial charge in [0, 0.05) is 5.69 Å². The van der Waals surface area contributed by atoms with Crippen LogP contribution in [0, 0.1) is 13.8 Å². The average Bonchev–Trinajstić information content (AvgIpc) is 2.77. The smallest absolute Gasteiger partial charge is 0.278 e. The van der Waals surface area contributed by atoms with Gasteiger partial charge in [-0.25, -0.2) is 0 Å². The lowest BCUT2D eigenvalue weighted by Crippen LogP contribution is -2.15. The summed E-state index contributed by atoms with van der Waals surface area (Å²) in [5.41, 5.74) is 10.4. The zero-order valence-corrected chi connectivity index (χ0v) is 12.2. The van der Waals surface area contributed by atoms with E-state index in [2.05, 4.69) is 15.5 Å². The Kier molecular flexibility index (Phi) is 3.79. The van der Waals surface area contributed by atoms with Crippen LogP contribution in [0.25, 0.3) is 0 Å². The highest BCUT2D eigenvalue weighted by molar-refractivity contribution is 6.06. The number of hydrogen-bond donors (Lipinski definition) is 3. The highest BCUT2D eigenvalue weighted by atomic mass is 16.2. The lowest BCUT2D eigenvalue weighted by atomic mass is 10.1. The van der Waals surface area contributed by atoms with Gasteiger partial charge in [0.2, 0.25) is 0 Å². The molecule has 106 valence electrons. The van der Waals surface area contributed by atoms with Crippen LogP contribution < -0.4 is 11.1 Å². The number of H-pyrrole nitrogens is 1. The van der Waals surface area contributed by atoms with Gasteiger partial charge in [0.1, 0.15) is 0 Å². The molecule has 1 aromatic heterocycles. The Morgan fingerprint density at radius 2 is 2.05 bits per heavy atom. The van der Waals surface area contributed by atoms with Crippen molar-refractivity contribution < 1.29 is 4.79 Å². The zero-order chi connectivity index (χ0) is 14.9. The second kappa shape index (κ2) is 5.36. The summed E-state index contributed by atoms with van der Waals surface area (Å²) in [4.78, 5) is 12.3. The number of amides is 1. The van der Waals surface area contributed by atoms with E-state index in [1.807, 2.05) is 45.9 Å². The van der Waals surface area contributed by atoms with Crippen molar-refractivity contribution in [2.45, 2.75) is 33.6 Å². The predicted molar refractivity (Wildman–Crippen MR) is 81.0 cm³/mol. The molecule has 4 N–H and O–H groups in total. The molecule has 5 nitrogen and oxygen atoms in total. The molecule has 0 atom stereocenters. The number of nitrogens with two attached hydrogens (primary N) is 1. The molecule has 2 rings (SSSR count). The van der Waals surface area contributed by atoms with Gasteiger partial charge in [-0.1, -0.05) is 26.0 Å². The molecular formula is C15H20N4O. The third kappa shape index (κ3) is 2.52. The van der Waals surface area contributed by atoms with Gasteiger partial charge in [-0.3, -0.25) is 9.89 Å². The number of aromatic amines is 1. The maximum absolute atomic E-state index is 12.3. The molecule has 0 radical (unpaired) electrons. The molecule has 20 heavy (non-hydrogen) atoms. The molecule has 0 aliphatic heterocycles. The topological polar surface area (TPSA) is 83.8 Å². The van der Waals surface area contributed by atoms with Gasteiger partial charge in [-0.2, -0.15) is 5.10 Å². The first-order valence-electron chi connectivity index (χ1n) is 6.63. The van der Waals surface area contributed by atoms with Gasteiger partial charge < -0.3 is 11.1 Å². The zero-order valence-electron chi connectivity index (χ0n) is 12.2. The first-order chi connectivity index (χ1) is 9.41. The van der Waals surface area contributed by atoms with Crippen LogP contribution in [0.3, 0.4) is 0 Å². The Morgan fingerprint density at radius 3 is 2.65 bits per heavy atom. The summed E-state index contributed by atoms with van der Waals surface area (Å²) in [6.07, 6.45) is 0. The largest absolute Gasteiger partial charge is 0.395 e. The third-order valence-electron chi connectivity index (χ3n) is 3.48. The van der Waals surface area contributed by atoms with E-state index in [1.54, 1.807) is 0 Å². The summed E-state index contributed by atoms with van der Waals surface area (Å²) in [5.74, 6) is -0.0934. The van der Waals surface area contributed by atoms with Crippen molar-refractivity contribution in [1.82, 2.24) is 10.2 Å². The fourth-order valence-electron chi connectivity index (χ4n) is 2.05. The molecule has 1 heterocycles. The van der Waals surface area contributed by atoms with Gasteiger partial charge in [-0.15, -0.1) is 0 Å². The van der Waals surface area contributed by atoms with Crippen molar-refractivity contribution in [2.75, 3.05) is 11.1 Å². The molecular weight excluding hydrogens is 252 g/mol. The first-order valence-corrected chi connectivity index (χ1v) is 6.63.